The van der Waals surface area contributed by atoms with Crippen LogP contribution in [0.5, 0.6) is 5.75 Å². The first kappa shape index (κ1) is 31.7. The average molecular weight is 609 g/mol. The van der Waals surface area contributed by atoms with Gasteiger partial charge in [-0.3, -0.25) is 24.2 Å². The number of nitrogens with zero attached hydrogens (tertiary/aromatic N) is 2. The van der Waals surface area contributed by atoms with Crippen LogP contribution in [0.15, 0.2) is 24.7 Å². The molecular formula is C32H40N4O8. The van der Waals surface area contributed by atoms with Crippen molar-refractivity contribution < 1.29 is 39.6 Å². The third-order valence-corrected chi connectivity index (χ3v) is 10.6. The molecule has 12 heteroatoms. The Morgan fingerprint density at radius 3 is 2.41 bits per heavy atom. The molecule has 12 nitrogen and oxygen atoms in total. The van der Waals surface area contributed by atoms with E-state index in [1.807, 2.05) is 13.8 Å². The lowest BCUT2D eigenvalue weighted by Gasteiger charge is -2.66. The van der Waals surface area contributed by atoms with Gasteiger partial charge in [0.1, 0.15) is 23.5 Å². The van der Waals surface area contributed by atoms with E-state index in [-0.39, 0.29) is 47.9 Å². The summed E-state index contributed by atoms with van der Waals surface area (Å²) >= 11 is 0. The van der Waals surface area contributed by atoms with E-state index < -0.39 is 69.8 Å². The fourth-order valence-corrected chi connectivity index (χ4v) is 8.87. The number of primary amides is 1. The maximum atomic E-state index is 14.4. The Labute approximate surface area is 255 Å². The largest absolute Gasteiger partial charge is 0.507 e. The van der Waals surface area contributed by atoms with Crippen molar-refractivity contribution in [3.63, 3.8) is 0 Å². The number of fused-ring (bicyclic) bond motifs is 3. The zero-order valence-corrected chi connectivity index (χ0v) is 25.5. The van der Waals surface area contributed by atoms with Gasteiger partial charge in [0.25, 0.3) is 5.91 Å². The van der Waals surface area contributed by atoms with Gasteiger partial charge in [-0.25, -0.2) is 4.98 Å². The third-order valence-electron chi connectivity index (χ3n) is 10.6. The van der Waals surface area contributed by atoms with Crippen molar-refractivity contribution in [2.24, 2.45) is 40.2 Å². The molecule has 0 aliphatic heterocycles. The molecule has 0 spiro atoms. The van der Waals surface area contributed by atoms with Crippen LogP contribution in [0.4, 0.5) is 0 Å². The van der Waals surface area contributed by atoms with Crippen LogP contribution in [-0.2, 0) is 29.0 Å². The molecule has 2 saturated carbocycles. The number of hydrogen-bond donors (Lipinski definition) is 6. The number of benzene rings is 1. The molecule has 5 rings (SSSR count). The summed E-state index contributed by atoms with van der Waals surface area (Å²) in [5, 5.41) is 49.6. The van der Waals surface area contributed by atoms with Crippen LogP contribution < -0.4 is 11.1 Å². The van der Waals surface area contributed by atoms with Gasteiger partial charge in [0.05, 0.1) is 23.8 Å². The maximum Gasteiger partial charge on any atom is 0.271 e. The summed E-state index contributed by atoms with van der Waals surface area (Å²) in [6.07, 6.45) is 1.45. The van der Waals surface area contributed by atoms with Crippen molar-refractivity contribution in [3.8, 4) is 5.75 Å². The number of Topliss-reactive ketones (excluding diaryl/α,β-unsaturated/α-hetero) is 2. The van der Waals surface area contributed by atoms with Crippen LogP contribution in [0.25, 0.3) is 0 Å². The predicted molar refractivity (Wildman–Crippen MR) is 156 cm³/mol. The Morgan fingerprint density at radius 1 is 1.16 bits per heavy atom. The summed E-state index contributed by atoms with van der Waals surface area (Å²) in [6.45, 7) is 8.81. The van der Waals surface area contributed by atoms with E-state index in [9.17, 15) is 39.6 Å². The number of nitrogens with two attached hydrogens (primary N) is 1. The van der Waals surface area contributed by atoms with Crippen LogP contribution in [0.2, 0.25) is 0 Å². The van der Waals surface area contributed by atoms with E-state index in [0.29, 0.717) is 12.0 Å². The first-order valence-corrected chi connectivity index (χ1v) is 14.9. The maximum absolute atomic E-state index is 14.4. The van der Waals surface area contributed by atoms with Gasteiger partial charge >= 0.3 is 0 Å². The fraction of sp³-hybridized carbons (Fsp3) is 0.562. The molecule has 7 N–H and O–H groups in total. The van der Waals surface area contributed by atoms with Gasteiger partial charge in [-0.2, -0.15) is 0 Å². The van der Waals surface area contributed by atoms with E-state index >= 15 is 0 Å². The molecular weight excluding hydrogens is 568 g/mol. The molecule has 8 atom stereocenters. The van der Waals surface area contributed by atoms with Crippen LogP contribution in [0.1, 0.15) is 78.6 Å². The summed E-state index contributed by atoms with van der Waals surface area (Å²) in [5.74, 6) is -8.01. The number of carbonyl (C=O) groups excluding carboxylic acids is 4. The summed E-state index contributed by atoms with van der Waals surface area (Å²) in [5.41, 5.74) is 2.22. The molecule has 2 amide bonds. The fourth-order valence-electron chi connectivity index (χ4n) is 8.87. The number of aliphatic hydroxyl groups is 3. The number of nitrogens with one attached hydrogen (secondary N) is 1. The standard InChI is InChI=1S/C32H40N4O8/c1-6-15-9-16(11-36-29(43)18-12-34-7-8-35-18)23(37)19-17(15)10-30(4)13-31(5)21(14(2)3)25(39)20(28(33)42)26(40)32(31,44)27(41)22(30)24(19)38/h7-9,12,14,20-22,25,27,37,39,41,44H,6,10-11,13H2,1-5H3,(H2,33,42)(H,36,43)/t20-,21+,22-,25?,27?,30-,31-,32+/m1/s1. The summed E-state index contributed by atoms with van der Waals surface area (Å²) < 4.78 is 0. The van der Waals surface area contributed by atoms with Gasteiger partial charge in [-0.1, -0.05) is 40.7 Å². The molecule has 236 valence electrons. The number of hydrogen-bond acceptors (Lipinski definition) is 10. The summed E-state index contributed by atoms with van der Waals surface area (Å²) in [4.78, 5) is 61.1. The molecule has 3 aliphatic carbocycles. The van der Waals surface area contributed by atoms with E-state index in [1.54, 1.807) is 26.8 Å². The van der Waals surface area contributed by atoms with Crippen LogP contribution in [-0.4, -0.2) is 71.6 Å². The molecule has 2 fully saturated rings. The topological polar surface area (TPSA) is 213 Å². The molecule has 2 aromatic rings. The van der Waals surface area contributed by atoms with Crippen molar-refractivity contribution in [2.75, 3.05) is 0 Å². The van der Waals surface area contributed by atoms with Gasteiger partial charge in [0.15, 0.2) is 17.2 Å². The molecule has 2 unspecified atom stereocenters. The number of amides is 2. The molecule has 1 heterocycles. The number of phenols is 1. The SMILES string of the molecule is CCc1cc(CNC(=O)c2cnccn2)c(O)c2c1C[C@]1(C)C[C@]3(C)[C@@H](C(C)C)C(O)[C@@H](C(N)=O)C(=O)[C@]3(O)C(O)[C@H]1C2=O. The first-order valence-electron chi connectivity index (χ1n) is 14.9. The number of carbonyl (C=O) groups is 4. The number of phenolic OH excluding ortho intramolecular Hbond substituents is 1. The van der Waals surface area contributed by atoms with E-state index in [0.717, 1.165) is 5.56 Å². The van der Waals surface area contributed by atoms with E-state index in [1.165, 1.54) is 18.6 Å². The average Bonchev–Trinajstić information content (AvgIpc) is 2.94. The molecule has 0 saturated heterocycles. The van der Waals surface area contributed by atoms with E-state index in [4.69, 9.17) is 5.73 Å². The lowest BCUT2D eigenvalue weighted by atomic mass is 9.39. The highest BCUT2D eigenvalue weighted by Crippen LogP contribution is 2.65. The first-order chi connectivity index (χ1) is 20.5. The smallest absolute Gasteiger partial charge is 0.271 e. The lowest BCUT2D eigenvalue weighted by molar-refractivity contribution is -0.265. The van der Waals surface area contributed by atoms with Crippen molar-refractivity contribution in [1.29, 1.82) is 0 Å². The van der Waals surface area contributed by atoms with Gasteiger partial charge < -0.3 is 31.5 Å². The molecule has 1 aromatic carbocycles. The quantitative estimate of drug-likeness (QED) is 0.254. The van der Waals surface area contributed by atoms with Gasteiger partial charge in [-0.15, -0.1) is 0 Å². The number of aryl methyl sites for hydroxylation is 1. The third kappa shape index (κ3) is 4.29. The molecule has 44 heavy (non-hydrogen) atoms. The molecule has 0 radical (unpaired) electrons. The summed E-state index contributed by atoms with van der Waals surface area (Å²) in [7, 11) is 0. The Kier molecular flexibility index (Phi) is 7.71. The normalized spacial score (nSPS) is 34.6. The minimum Gasteiger partial charge on any atom is -0.507 e. The second-order valence-corrected chi connectivity index (χ2v) is 13.5. The van der Waals surface area contributed by atoms with Crippen molar-refractivity contribution in [2.45, 2.75) is 78.2 Å². The van der Waals surface area contributed by atoms with Gasteiger partial charge in [-0.05, 0) is 47.6 Å². The Bertz CT molecular complexity index is 1550. The molecule has 0 bridgehead atoms. The van der Waals surface area contributed by atoms with Crippen molar-refractivity contribution in [1.82, 2.24) is 15.3 Å². The Morgan fingerprint density at radius 2 is 1.84 bits per heavy atom. The number of aromatic hydroxyl groups is 1. The van der Waals surface area contributed by atoms with Crippen molar-refractivity contribution in [3.05, 3.63) is 52.6 Å². The Hall–Kier alpha value is -3.74. The minimum absolute atomic E-state index is 0.0306. The lowest BCUT2D eigenvalue weighted by Crippen LogP contribution is -2.79. The van der Waals surface area contributed by atoms with Crippen LogP contribution >= 0.6 is 0 Å². The highest BCUT2D eigenvalue weighted by Gasteiger charge is 2.75. The van der Waals surface area contributed by atoms with E-state index in [2.05, 4.69) is 15.3 Å². The van der Waals surface area contributed by atoms with Gasteiger partial charge in [0.2, 0.25) is 5.91 Å². The monoisotopic (exact) mass is 608 g/mol. The minimum atomic E-state index is -2.58. The highest BCUT2D eigenvalue weighted by molar-refractivity contribution is 6.09. The highest BCUT2D eigenvalue weighted by atomic mass is 16.4. The number of aliphatic hydroxyl groups excluding tert-OH is 2. The second kappa shape index (κ2) is 10.7. The zero-order valence-electron chi connectivity index (χ0n) is 25.5. The number of rotatable bonds is 6. The molecule has 3 aliphatic rings. The summed E-state index contributed by atoms with van der Waals surface area (Å²) in [6, 6.07) is 1.74. The number of ketones is 2. The van der Waals surface area contributed by atoms with Crippen LogP contribution in [0, 0.1) is 34.5 Å². The predicted octanol–water partition coefficient (Wildman–Crippen LogP) is 0.855. The van der Waals surface area contributed by atoms with Crippen molar-refractivity contribution >= 4 is 23.4 Å². The zero-order chi connectivity index (χ0) is 32.5. The van der Waals surface area contributed by atoms with Gasteiger partial charge in [0, 0.05) is 29.9 Å². The Balaban J connectivity index is 1.61. The van der Waals surface area contributed by atoms with Crippen LogP contribution in [0.3, 0.4) is 0 Å². The number of aromatic nitrogens is 2. The second-order valence-electron chi connectivity index (χ2n) is 13.5. The molecule has 1 aromatic heterocycles.